The summed E-state index contributed by atoms with van der Waals surface area (Å²) in [5, 5.41) is 9.65. The molecule has 0 saturated heterocycles. The molecule has 63 heavy (non-hydrogen) atoms. The van der Waals surface area contributed by atoms with Gasteiger partial charge in [-0.25, -0.2) is 4.79 Å². The van der Waals surface area contributed by atoms with E-state index in [2.05, 4.69) is 74.6 Å². The molecule has 0 rings (SSSR count). The standard InChI is InChI=1S/C55H97NO7/c1-6-8-10-12-14-16-18-20-22-24-26-27-28-30-32-34-36-38-40-42-44-46-54(58)63-51(49-61-48-47-52(55(59)60)56(3,4)5)50-62-53(57)45-43-41-39-37-35-33-31-29-25-23-21-19-17-15-13-11-9-7-2/h14,16,20,22,26-27,29-32,51-52H,6-13,15,17-19,21,23-25,28,33-50H2,1-5H3/p+1/b16-14+,22-20+,27-26+,31-29+,32-30+. The Morgan fingerprint density at radius 3 is 1.29 bits per heavy atom. The first-order valence-corrected chi connectivity index (χ1v) is 25.8. The maximum Gasteiger partial charge on any atom is 0.362 e. The highest BCUT2D eigenvalue weighted by atomic mass is 16.6. The van der Waals surface area contributed by atoms with Crippen LogP contribution in [0.3, 0.4) is 0 Å². The van der Waals surface area contributed by atoms with Crippen LogP contribution < -0.4 is 0 Å². The number of rotatable bonds is 46. The van der Waals surface area contributed by atoms with Crippen LogP contribution in [0.5, 0.6) is 0 Å². The van der Waals surface area contributed by atoms with Gasteiger partial charge in [0.1, 0.15) is 6.61 Å². The van der Waals surface area contributed by atoms with Gasteiger partial charge in [0, 0.05) is 19.3 Å². The number of aliphatic carboxylic acids is 1. The number of likely N-dealkylation sites (N-methyl/N-ethyl adjacent to an activating group) is 1. The molecule has 0 aromatic rings. The smallest absolute Gasteiger partial charge is 0.362 e. The zero-order valence-corrected chi connectivity index (χ0v) is 41.5. The Hall–Kier alpha value is -2.97. The largest absolute Gasteiger partial charge is 0.477 e. The van der Waals surface area contributed by atoms with Crippen molar-refractivity contribution in [2.75, 3.05) is 41.0 Å². The summed E-state index contributed by atoms with van der Waals surface area (Å²) in [6, 6.07) is -0.622. The summed E-state index contributed by atoms with van der Waals surface area (Å²) in [6.07, 6.45) is 56.9. The summed E-state index contributed by atoms with van der Waals surface area (Å²) >= 11 is 0. The minimum absolute atomic E-state index is 0.0492. The lowest BCUT2D eigenvalue weighted by Gasteiger charge is -2.31. The SMILES string of the molecule is CCCCC/C=C/C/C=C/C/C=C/C/C=C/CCCCCCCC(=O)OC(COCCC(C(=O)O)[N+](C)(C)C)COC(=O)CCCCCCC/C=C/CCCCCCCCCCC. The minimum atomic E-state index is -0.880. The van der Waals surface area contributed by atoms with Gasteiger partial charge in [-0.3, -0.25) is 9.59 Å². The van der Waals surface area contributed by atoms with Crippen LogP contribution >= 0.6 is 0 Å². The molecule has 8 nitrogen and oxygen atoms in total. The molecule has 0 aromatic heterocycles. The Bertz CT molecular complexity index is 1210. The lowest BCUT2D eigenvalue weighted by Crippen LogP contribution is -2.50. The van der Waals surface area contributed by atoms with Crippen LogP contribution in [0, 0.1) is 0 Å². The highest BCUT2D eigenvalue weighted by molar-refractivity contribution is 5.72. The molecule has 0 aromatic carbocycles. The van der Waals surface area contributed by atoms with E-state index < -0.39 is 18.1 Å². The van der Waals surface area contributed by atoms with Gasteiger partial charge >= 0.3 is 17.9 Å². The second-order valence-corrected chi connectivity index (χ2v) is 18.4. The molecule has 0 fully saturated rings. The van der Waals surface area contributed by atoms with E-state index >= 15 is 0 Å². The van der Waals surface area contributed by atoms with Crippen molar-refractivity contribution < 1.29 is 38.2 Å². The monoisotopic (exact) mass is 885 g/mol. The molecule has 0 aliphatic heterocycles. The van der Waals surface area contributed by atoms with Gasteiger partial charge in [0.25, 0.3) is 0 Å². The van der Waals surface area contributed by atoms with Gasteiger partial charge in [-0.15, -0.1) is 0 Å². The van der Waals surface area contributed by atoms with E-state index in [1.807, 2.05) is 21.1 Å². The maximum atomic E-state index is 12.8. The van der Waals surface area contributed by atoms with Crippen molar-refractivity contribution in [2.24, 2.45) is 0 Å². The molecule has 0 heterocycles. The van der Waals surface area contributed by atoms with Crippen LogP contribution in [-0.2, 0) is 28.6 Å². The van der Waals surface area contributed by atoms with Crippen molar-refractivity contribution >= 4 is 17.9 Å². The summed E-state index contributed by atoms with van der Waals surface area (Å²) in [4.78, 5) is 37.2. The van der Waals surface area contributed by atoms with Crippen LogP contribution in [-0.4, -0.2) is 80.6 Å². The first-order chi connectivity index (χ1) is 30.6. The fourth-order valence-corrected chi connectivity index (χ4v) is 7.36. The lowest BCUT2D eigenvalue weighted by atomic mass is 10.1. The third-order valence-electron chi connectivity index (χ3n) is 11.4. The van der Waals surface area contributed by atoms with Crippen LogP contribution in [0.25, 0.3) is 0 Å². The number of allylic oxidation sites excluding steroid dienone is 10. The number of hydrogen-bond acceptors (Lipinski definition) is 6. The fourth-order valence-electron chi connectivity index (χ4n) is 7.36. The lowest BCUT2D eigenvalue weighted by molar-refractivity contribution is -0.887. The molecule has 364 valence electrons. The molecule has 2 atom stereocenters. The van der Waals surface area contributed by atoms with Crippen molar-refractivity contribution in [1.82, 2.24) is 0 Å². The number of carboxylic acids is 1. The fraction of sp³-hybridized carbons (Fsp3) is 0.764. The predicted molar refractivity (Wildman–Crippen MR) is 266 cm³/mol. The highest BCUT2D eigenvalue weighted by Crippen LogP contribution is 2.14. The number of esters is 2. The molecule has 1 N–H and O–H groups in total. The zero-order chi connectivity index (χ0) is 46.3. The van der Waals surface area contributed by atoms with Crippen molar-refractivity contribution in [3.63, 3.8) is 0 Å². The number of nitrogens with zero attached hydrogens (tertiary/aromatic N) is 1. The Morgan fingerprint density at radius 2 is 0.841 bits per heavy atom. The van der Waals surface area contributed by atoms with Gasteiger partial charge in [-0.2, -0.15) is 0 Å². The molecular formula is C55H98NO7+. The molecular weight excluding hydrogens is 787 g/mol. The van der Waals surface area contributed by atoms with E-state index in [9.17, 15) is 19.5 Å². The summed E-state index contributed by atoms with van der Waals surface area (Å²) < 4.78 is 17.3. The molecule has 0 spiro atoms. The van der Waals surface area contributed by atoms with E-state index in [0.717, 1.165) is 89.9 Å². The molecule has 0 radical (unpaired) electrons. The number of quaternary nitrogens is 1. The quantitative estimate of drug-likeness (QED) is 0.0281. The summed E-state index contributed by atoms with van der Waals surface area (Å²) in [5.74, 6) is -1.50. The Balaban J connectivity index is 4.31. The Morgan fingerprint density at radius 1 is 0.476 bits per heavy atom. The Kier molecular flexibility index (Phi) is 43.4. The third-order valence-corrected chi connectivity index (χ3v) is 11.4. The predicted octanol–water partition coefficient (Wildman–Crippen LogP) is 14.9. The van der Waals surface area contributed by atoms with Gasteiger partial charge in [-0.1, -0.05) is 177 Å². The third kappa shape index (κ3) is 44.0. The molecule has 0 bridgehead atoms. The second kappa shape index (κ2) is 45.6. The van der Waals surface area contributed by atoms with E-state index in [0.29, 0.717) is 19.3 Å². The Labute approximate surface area is 388 Å². The highest BCUT2D eigenvalue weighted by Gasteiger charge is 2.31. The first-order valence-electron chi connectivity index (χ1n) is 25.8. The van der Waals surface area contributed by atoms with E-state index in [1.165, 1.54) is 96.3 Å². The van der Waals surface area contributed by atoms with Crippen molar-refractivity contribution in [3.05, 3.63) is 60.8 Å². The van der Waals surface area contributed by atoms with Crippen LogP contribution in [0.15, 0.2) is 60.8 Å². The van der Waals surface area contributed by atoms with E-state index in [-0.39, 0.29) is 36.2 Å². The number of hydrogen-bond donors (Lipinski definition) is 1. The molecule has 8 heteroatoms. The molecule has 0 saturated carbocycles. The average molecular weight is 885 g/mol. The normalized spacial score (nSPS) is 13.3. The average Bonchev–Trinajstić information content (AvgIpc) is 3.24. The molecule has 0 aliphatic carbocycles. The van der Waals surface area contributed by atoms with Gasteiger partial charge < -0.3 is 23.8 Å². The van der Waals surface area contributed by atoms with Gasteiger partial charge in [0.05, 0.1) is 34.4 Å². The number of unbranched alkanes of at least 4 members (excludes halogenated alkanes) is 22. The summed E-state index contributed by atoms with van der Waals surface area (Å²) in [7, 11) is 5.52. The van der Waals surface area contributed by atoms with E-state index in [4.69, 9.17) is 14.2 Å². The van der Waals surface area contributed by atoms with Crippen LogP contribution in [0.1, 0.15) is 219 Å². The van der Waals surface area contributed by atoms with Crippen LogP contribution in [0.2, 0.25) is 0 Å². The maximum absolute atomic E-state index is 12.8. The van der Waals surface area contributed by atoms with Gasteiger partial charge in [0.15, 0.2) is 12.1 Å². The molecule has 0 amide bonds. The molecule has 0 aliphatic rings. The zero-order valence-electron chi connectivity index (χ0n) is 41.5. The van der Waals surface area contributed by atoms with Crippen LogP contribution in [0.4, 0.5) is 0 Å². The van der Waals surface area contributed by atoms with Gasteiger partial charge in [0.2, 0.25) is 0 Å². The second-order valence-electron chi connectivity index (χ2n) is 18.4. The van der Waals surface area contributed by atoms with Crippen molar-refractivity contribution in [1.29, 1.82) is 0 Å². The summed E-state index contributed by atoms with van der Waals surface area (Å²) in [5.41, 5.74) is 0. The van der Waals surface area contributed by atoms with Gasteiger partial charge in [-0.05, 0) is 83.5 Å². The van der Waals surface area contributed by atoms with Crippen molar-refractivity contribution in [2.45, 2.75) is 231 Å². The van der Waals surface area contributed by atoms with E-state index in [1.54, 1.807) is 0 Å². The number of ether oxygens (including phenoxy) is 3. The number of carbonyl (C=O) groups excluding carboxylic acids is 2. The minimum Gasteiger partial charge on any atom is -0.477 e. The van der Waals surface area contributed by atoms with Crippen molar-refractivity contribution in [3.8, 4) is 0 Å². The number of carboxylic acid groups (broad SMARTS) is 1. The molecule has 2 unspecified atom stereocenters. The number of carbonyl (C=O) groups is 3. The summed E-state index contributed by atoms with van der Waals surface area (Å²) in [6.45, 7) is 4.69. The topological polar surface area (TPSA) is 99.1 Å². The first kappa shape index (κ1) is 60.0.